The Kier molecular flexibility index (Phi) is 53.2. The standard InChI is InChI=1S/C86H138N22O36/c1-39(91-77(134)55-18-14-36-107(55)84(141)43(5)95-72(129)50(23-29-61(117)118)100-81(138)66(45(7)110)105-76(133)52(25-31-63(121)122)101-82(139)67(46(8)111)104-75(132)51(24-30-62(119)120)98-73(130)47(16-9-11-33-87)99-80(137)65(89)44(6)109)68(125)94-42(4)83(140)106-35-13-19-56(106)78(135)92-40(2)69(126)97-48(21-27-59(113)114)71(128)90-38-58(112)96-49(22-28-60(115)116)74(131)102-53(17-10-12-34-88)85(142)108-37-15-20-57(108)79(136)93-41(3)70(127)103-54(86(143)144)26-32-64(123)124/h39-57,65-67,109-111H,9-38,87-89H2,1-8H3,(H,90,128)(H,91,134)(H,92,135)(H,93,136)(H,94,125)(H,95,129)(H,96,112)(H,97,126)(H,98,130)(H,99,137)(H,100,138)(H,101,139)(H,102,131)(H,103,127)(H,104,132)(H,105,133)(H,113,114)(H,115,116)(H,117,118)(H,119,120)(H,121,122)(H,123,124)(H,143,144)/t39-,40-,41-,42-,43-,44+,45+,46+,47-,48-,49-,50-,51-,52-,53-,54-,55-,56-,57-,65-,66-,67-/m0/s1. The van der Waals surface area contributed by atoms with Gasteiger partial charge in [0.05, 0.1) is 24.9 Å². The molecule has 19 amide bonds. The number of nitrogens with one attached hydrogen (secondary N) is 16. The number of hydrogen-bond acceptors (Lipinski definition) is 32. The molecular weight excluding hydrogens is 1920 g/mol. The van der Waals surface area contributed by atoms with E-state index in [0.717, 1.165) is 42.4 Å². The van der Waals surface area contributed by atoms with Crippen LogP contribution in [0.4, 0.5) is 0 Å². The lowest BCUT2D eigenvalue weighted by molar-refractivity contribution is -0.144. The number of carboxylic acids is 7. The Morgan fingerprint density at radius 2 is 0.542 bits per heavy atom. The fraction of sp³-hybridized carbons (Fsp3) is 0.698. The lowest BCUT2D eigenvalue weighted by Crippen LogP contribution is -2.63. The van der Waals surface area contributed by atoms with E-state index in [4.69, 9.17) is 22.3 Å². The molecule has 58 heteroatoms. The Morgan fingerprint density at radius 3 is 0.875 bits per heavy atom. The monoisotopic (exact) mass is 2050 g/mol. The fourth-order valence-electron chi connectivity index (χ4n) is 15.2. The average Bonchev–Trinajstić information content (AvgIpc) is 1.64. The molecule has 808 valence electrons. The molecule has 3 fully saturated rings. The summed E-state index contributed by atoms with van der Waals surface area (Å²) in [6, 6.07) is -30.8. The molecule has 3 heterocycles. The van der Waals surface area contributed by atoms with E-state index in [2.05, 4.69) is 85.1 Å². The molecule has 22 atom stereocenters. The van der Waals surface area contributed by atoms with E-state index in [9.17, 15) is 171 Å². The third-order valence-electron chi connectivity index (χ3n) is 23.4. The van der Waals surface area contributed by atoms with E-state index in [0.29, 0.717) is 12.8 Å². The van der Waals surface area contributed by atoms with Crippen LogP contribution in [0.15, 0.2) is 0 Å². The first-order valence-electron chi connectivity index (χ1n) is 46.9. The minimum Gasteiger partial charge on any atom is -0.481 e. The Balaban J connectivity index is 1.70. The molecule has 144 heavy (non-hydrogen) atoms. The third kappa shape index (κ3) is 42.3. The molecule has 0 aromatic heterocycles. The van der Waals surface area contributed by atoms with Gasteiger partial charge in [-0.25, -0.2) is 4.79 Å². The van der Waals surface area contributed by atoms with Crippen molar-refractivity contribution in [1.82, 2.24) is 99.8 Å². The van der Waals surface area contributed by atoms with Gasteiger partial charge in [0, 0.05) is 58.2 Å². The van der Waals surface area contributed by atoms with Crippen LogP contribution in [0.2, 0.25) is 0 Å². The summed E-state index contributed by atoms with van der Waals surface area (Å²) in [4.78, 5) is 348. The molecule has 0 aromatic carbocycles. The highest BCUT2D eigenvalue weighted by Crippen LogP contribution is 2.24. The lowest BCUT2D eigenvalue weighted by atomic mass is 10.0. The summed E-state index contributed by atoms with van der Waals surface area (Å²) in [5.41, 5.74) is 17.0. The molecular formula is C86H138N22O36. The molecule has 3 aliphatic rings. The van der Waals surface area contributed by atoms with Crippen LogP contribution < -0.4 is 102 Å². The van der Waals surface area contributed by atoms with Gasteiger partial charge < -0.3 is 168 Å². The molecule has 0 bridgehead atoms. The molecule has 0 radical (unpaired) electrons. The largest absolute Gasteiger partial charge is 0.481 e. The Hall–Kier alpha value is -14.0. The predicted octanol–water partition coefficient (Wildman–Crippen LogP) is -11.6. The number of rotatable bonds is 65. The molecule has 0 aromatic rings. The van der Waals surface area contributed by atoms with Crippen molar-refractivity contribution in [2.45, 2.75) is 343 Å². The van der Waals surface area contributed by atoms with Gasteiger partial charge in [-0.15, -0.1) is 0 Å². The number of nitrogens with zero attached hydrogens (tertiary/aromatic N) is 3. The van der Waals surface area contributed by atoms with Crippen LogP contribution in [-0.4, -0.2) is 392 Å². The Bertz CT molecular complexity index is 4580. The van der Waals surface area contributed by atoms with Crippen molar-refractivity contribution >= 4 is 154 Å². The Labute approximate surface area is 825 Å². The number of aliphatic carboxylic acids is 7. The number of likely N-dealkylation sites (tertiary alicyclic amines) is 3. The summed E-state index contributed by atoms with van der Waals surface area (Å²) in [6.07, 6.45) is -12.2. The van der Waals surface area contributed by atoms with E-state index in [1.807, 2.05) is 0 Å². The van der Waals surface area contributed by atoms with Gasteiger partial charge in [0.2, 0.25) is 112 Å². The van der Waals surface area contributed by atoms with Crippen molar-refractivity contribution in [2.24, 2.45) is 17.2 Å². The van der Waals surface area contributed by atoms with E-state index < -0.39 is 371 Å². The van der Waals surface area contributed by atoms with Gasteiger partial charge in [0.15, 0.2) is 0 Å². The van der Waals surface area contributed by atoms with Crippen LogP contribution in [0.1, 0.15) is 209 Å². The first-order chi connectivity index (χ1) is 67.5. The topological polar surface area (TPSA) is 926 Å². The molecule has 32 N–H and O–H groups in total. The maximum atomic E-state index is 14.3. The quantitative estimate of drug-likeness (QED) is 0.0251. The highest BCUT2D eigenvalue weighted by molar-refractivity contribution is 6.03. The van der Waals surface area contributed by atoms with Gasteiger partial charge >= 0.3 is 41.8 Å². The maximum absolute atomic E-state index is 14.3. The summed E-state index contributed by atoms with van der Waals surface area (Å²) < 4.78 is 0. The number of aliphatic hydroxyl groups excluding tert-OH is 3. The minimum atomic E-state index is -2.14. The van der Waals surface area contributed by atoms with Gasteiger partial charge in [-0.1, -0.05) is 0 Å². The van der Waals surface area contributed by atoms with Gasteiger partial charge in [-0.3, -0.25) is 120 Å². The van der Waals surface area contributed by atoms with Crippen LogP contribution >= 0.6 is 0 Å². The number of carbonyl (C=O) groups is 26. The predicted molar refractivity (Wildman–Crippen MR) is 492 cm³/mol. The maximum Gasteiger partial charge on any atom is 0.326 e. The number of carboxylic acid groups (broad SMARTS) is 7. The Morgan fingerprint density at radius 1 is 0.278 bits per heavy atom. The molecule has 3 rings (SSSR count). The lowest BCUT2D eigenvalue weighted by Gasteiger charge is -2.30. The summed E-state index contributed by atoms with van der Waals surface area (Å²) in [6.45, 7) is 8.20. The zero-order valence-electron chi connectivity index (χ0n) is 81.1. The van der Waals surface area contributed by atoms with E-state index in [-0.39, 0.29) is 96.9 Å². The zero-order chi connectivity index (χ0) is 109. The van der Waals surface area contributed by atoms with Crippen LogP contribution in [0.3, 0.4) is 0 Å². The highest BCUT2D eigenvalue weighted by atomic mass is 16.4. The van der Waals surface area contributed by atoms with Crippen LogP contribution in [0.25, 0.3) is 0 Å². The number of carbonyl (C=O) groups excluding carboxylic acids is 19. The van der Waals surface area contributed by atoms with Crippen molar-refractivity contribution < 1.29 is 176 Å². The van der Waals surface area contributed by atoms with Gasteiger partial charge in [-0.2, -0.15) is 0 Å². The SMILES string of the molecule is C[C@H](NC(=O)[C@@H]1CCCN1C(=O)[C@H](C)NC(=O)[C@H](C)NC(=O)[C@@H]1CCCN1C(=O)[C@H](C)NC(=O)[C@H](CCC(=O)O)NC(=O)[C@@H](NC(=O)[C@H](CCC(=O)O)NC(=O)[C@@H](NC(=O)[C@H](CCC(=O)O)NC(=O)[C@H](CCCCN)NC(=O)[C@@H](N)[C@@H](C)O)[C@@H](C)O)[C@@H](C)O)C(=O)N[C@@H](CCC(=O)O)C(=O)NCC(=O)N[C@@H](CCC(=O)O)C(=O)N[C@@H](CCCCN)C(=O)N1CCC[C@H]1C(=O)N[C@@H](C)C(=O)N[C@@H](CCC(=O)O)C(=O)O. The second-order valence-electron chi connectivity index (χ2n) is 35.2. The fourth-order valence-corrected chi connectivity index (χ4v) is 15.2. The molecule has 3 aliphatic heterocycles. The molecule has 0 unspecified atom stereocenters. The van der Waals surface area contributed by atoms with E-state index in [1.165, 1.54) is 27.7 Å². The van der Waals surface area contributed by atoms with Crippen LogP contribution in [0.5, 0.6) is 0 Å². The average molecular weight is 2060 g/mol. The third-order valence-corrected chi connectivity index (χ3v) is 23.4. The zero-order valence-corrected chi connectivity index (χ0v) is 81.1. The van der Waals surface area contributed by atoms with Crippen molar-refractivity contribution in [1.29, 1.82) is 0 Å². The van der Waals surface area contributed by atoms with Crippen molar-refractivity contribution in [2.75, 3.05) is 39.3 Å². The number of unbranched alkanes of at least 4 members (excludes halogenated alkanes) is 2. The van der Waals surface area contributed by atoms with E-state index >= 15 is 0 Å². The number of amides is 19. The first-order valence-corrected chi connectivity index (χ1v) is 46.9. The van der Waals surface area contributed by atoms with E-state index in [1.54, 1.807) is 0 Å². The summed E-state index contributed by atoms with van der Waals surface area (Å²) in [5, 5.41) is 135. The first kappa shape index (κ1) is 124. The molecule has 0 aliphatic carbocycles. The molecule has 0 saturated carbocycles. The van der Waals surface area contributed by atoms with Gasteiger partial charge in [-0.05, 0) is 184 Å². The normalized spacial score (nSPS) is 18.3. The smallest absolute Gasteiger partial charge is 0.326 e. The summed E-state index contributed by atoms with van der Waals surface area (Å²) >= 11 is 0. The van der Waals surface area contributed by atoms with Crippen molar-refractivity contribution in [3.63, 3.8) is 0 Å². The summed E-state index contributed by atoms with van der Waals surface area (Å²) in [5.74, 6) is -30.9. The van der Waals surface area contributed by atoms with Crippen molar-refractivity contribution in [3.8, 4) is 0 Å². The van der Waals surface area contributed by atoms with Gasteiger partial charge in [0.1, 0.15) is 115 Å². The highest BCUT2D eigenvalue weighted by Gasteiger charge is 2.45. The number of aliphatic hydroxyl groups is 3. The summed E-state index contributed by atoms with van der Waals surface area (Å²) in [7, 11) is 0. The molecule has 3 saturated heterocycles. The number of hydrogen-bond donors (Lipinski definition) is 29. The second kappa shape index (κ2) is 61.7. The van der Waals surface area contributed by atoms with Crippen molar-refractivity contribution in [3.05, 3.63) is 0 Å². The van der Waals surface area contributed by atoms with Crippen LogP contribution in [0, 0.1) is 0 Å². The molecule has 58 nitrogen and oxygen atoms in total. The minimum absolute atomic E-state index is 0.0119. The molecule has 0 spiro atoms. The number of nitrogens with two attached hydrogens (primary N) is 3. The second-order valence-corrected chi connectivity index (χ2v) is 35.2. The van der Waals surface area contributed by atoms with Crippen LogP contribution in [-0.2, 0) is 125 Å². The van der Waals surface area contributed by atoms with Gasteiger partial charge in [0.25, 0.3) is 0 Å².